The summed E-state index contributed by atoms with van der Waals surface area (Å²) in [5, 5.41) is 7.92. The second-order valence-corrected chi connectivity index (χ2v) is 1.03. The van der Waals surface area contributed by atoms with Gasteiger partial charge in [-0.1, -0.05) is 0 Å². The van der Waals surface area contributed by atoms with Gasteiger partial charge < -0.3 is 9.84 Å². The second-order valence-electron chi connectivity index (χ2n) is 1.03. The van der Waals surface area contributed by atoms with Crippen LogP contribution in [0, 0.1) is 40.8 Å². The molecule has 8 heavy (non-hydrogen) atoms. The number of ether oxygens (including phenoxy) is 1. The summed E-state index contributed by atoms with van der Waals surface area (Å²) >= 11 is 0. The van der Waals surface area contributed by atoms with E-state index in [9.17, 15) is 4.79 Å². The third-order valence-corrected chi connectivity index (χ3v) is 0.430. The topological polar surface area (TPSA) is 46.5 Å². The van der Waals surface area contributed by atoms with Crippen molar-refractivity contribution in [3.63, 3.8) is 0 Å². The summed E-state index contributed by atoms with van der Waals surface area (Å²) in [5.74, 6) is -0.915. The Balaban J connectivity index is 0. The quantitative estimate of drug-likeness (QED) is 0.771. The Hall–Kier alpha value is 0.781. The first-order valence-corrected chi connectivity index (χ1v) is 2.07. The Bertz CT molecular complexity index is 64.3. The summed E-state index contributed by atoms with van der Waals surface area (Å²) in [5.41, 5.74) is 0. The van der Waals surface area contributed by atoms with E-state index in [1.165, 1.54) is 0 Å². The van der Waals surface area contributed by atoms with Gasteiger partial charge in [0.25, 0.3) is 0 Å². The second kappa shape index (κ2) is 7.78. The molecule has 0 aliphatic rings. The molecule has 46 valence electrons. The molecule has 0 aromatic heterocycles. The van der Waals surface area contributed by atoms with E-state index in [2.05, 4.69) is 4.74 Å². The van der Waals surface area contributed by atoms with E-state index in [1.54, 1.807) is 6.92 Å². The average Bonchev–Trinajstić information content (AvgIpc) is 1.61. The van der Waals surface area contributed by atoms with Crippen LogP contribution in [0.2, 0.25) is 0 Å². The summed E-state index contributed by atoms with van der Waals surface area (Å²) < 4.78 is 4.50. The van der Waals surface area contributed by atoms with E-state index in [0.29, 0.717) is 6.61 Å². The number of aliphatic carboxylic acids is 1. The van der Waals surface area contributed by atoms with E-state index >= 15 is 0 Å². The van der Waals surface area contributed by atoms with Crippen molar-refractivity contribution >= 4 is 5.97 Å². The number of hydrogen-bond acceptors (Lipinski definition) is 2. The summed E-state index contributed by atoms with van der Waals surface area (Å²) in [4.78, 5) is 9.63. The maximum absolute atomic E-state index is 9.63. The van der Waals surface area contributed by atoms with Gasteiger partial charge in [0.2, 0.25) is 0 Å². The van der Waals surface area contributed by atoms with E-state index in [-0.39, 0.29) is 47.4 Å². The summed E-state index contributed by atoms with van der Waals surface area (Å²) in [6.07, 6.45) is 0. The molecule has 3 nitrogen and oxygen atoms in total. The molecule has 0 spiro atoms. The normalized spacial score (nSPS) is 7.62. The van der Waals surface area contributed by atoms with Crippen molar-refractivity contribution in [2.24, 2.45) is 0 Å². The standard InChI is InChI=1S/C4H8O3.Nd/c1-2-7-3-4(5)6;/h2-3H2,1H3,(H,5,6);. The molecule has 4 heteroatoms. The molecule has 0 aliphatic carbocycles. The zero-order valence-electron chi connectivity index (χ0n) is 4.68. The average molecular weight is 248 g/mol. The molecule has 0 atom stereocenters. The Kier molecular flexibility index (Phi) is 11.2. The van der Waals surface area contributed by atoms with Gasteiger partial charge in [0, 0.05) is 47.4 Å². The van der Waals surface area contributed by atoms with Gasteiger partial charge in [0.1, 0.15) is 6.61 Å². The largest absolute Gasteiger partial charge is 0.480 e. The molecular formula is C4H8NdO3. The minimum absolute atomic E-state index is 0. The Morgan fingerprint density at radius 3 is 2.38 bits per heavy atom. The SMILES string of the molecule is CCOCC(=O)O.[Nd]. The van der Waals surface area contributed by atoms with Gasteiger partial charge >= 0.3 is 5.97 Å². The monoisotopic (exact) mass is 246 g/mol. The summed E-state index contributed by atoms with van der Waals surface area (Å²) in [7, 11) is 0. The Labute approximate surface area is 80.9 Å². The van der Waals surface area contributed by atoms with Crippen molar-refractivity contribution in [3.8, 4) is 0 Å². The van der Waals surface area contributed by atoms with Gasteiger partial charge in [-0.25, -0.2) is 4.79 Å². The van der Waals surface area contributed by atoms with Crippen LogP contribution in [0.4, 0.5) is 0 Å². The molecule has 0 bridgehead atoms. The van der Waals surface area contributed by atoms with E-state index in [1.807, 2.05) is 0 Å². The van der Waals surface area contributed by atoms with Gasteiger partial charge in [0.05, 0.1) is 0 Å². The molecule has 0 aromatic carbocycles. The summed E-state index contributed by atoms with van der Waals surface area (Å²) in [6.45, 7) is 2.03. The van der Waals surface area contributed by atoms with Crippen LogP contribution in [-0.2, 0) is 9.53 Å². The van der Waals surface area contributed by atoms with Crippen LogP contribution in [0.15, 0.2) is 0 Å². The zero-order valence-corrected chi connectivity index (χ0v) is 7.89. The smallest absolute Gasteiger partial charge is 0.329 e. The van der Waals surface area contributed by atoms with E-state index in [0.717, 1.165) is 0 Å². The van der Waals surface area contributed by atoms with Crippen molar-refractivity contribution in [2.75, 3.05) is 13.2 Å². The fourth-order valence-electron chi connectivity index (χ4n) is 0.189. The molecule has 0 saturated carbocycles. The summed E-state index contributed by atoms with van der Waals surface area (Å²) in [6, 6.07) is 0. The van der Waals surface area contributed by atoms with Crippen LogP contribution in [-0.4, -0.2) is 24.3 Å². The molecule has 0 radical (unpaired) electrons. The first-order valence-electron chi connectivity index (χ1n) is 2.07. The minimum atomic E-state index is -0.915. The predicted molar refractivity (Wildman–Crippen MR) is 24.1 cm³/mol. The molecule has 0 saturated heterocycles. The number of hydrogen-bond donors (Lipinski definition) is 1. The van der Waals surface area contributed by atoms with Crippen LogP contribution in [0.5, 0.6) is 0 Å². The maximum Gasteiger partial charge on any atom is 0.329 e. The van der Waals surface area contributed by atoms with Crippen molar-refractivity contribution in [2.45, 2.75) is 6.92 Å². The Morgan fingerprint density at radius 1 is 1.75 bits per heavy atom. The van der Waals surface area contributed by atoms with Crippen LogP contribution >= 0.6 is 0 Å². The van der Waals surface area contributed by atoms with Crippen molar-refractivity contribution < 1.29 is 55.5 Å². The van der Waals surface area contributed by atoms with Crippen LogP contribution in [0.1, 0.15) is 6.92 Å². The Morgan fingerprint density at radius 2 is 2.25 bits per heavy atom. The molecule has 0 rings (SSSR count). The molecule has 0 unspecified atom stereocenters. The minimum Gasteiger partial charge on any atom is -0.480 e. The molecular weight excluding hydrogens is 240 g/mol. The first kappa shape index (κ1) is 11.6. The van der Waals surface area contributed by atoms with Crippen molar-refractivity contribution in [1.82, 2.24) is 0 Å². The fourth-order valence-corrected chi connectivity index (χ4v) is 0.189. The molecule has 0 amide bonds. The van der Waals surface area contributed by atoms with E-state index in [4.69, 9.17) is 5.11 Å². The van der Waals surface area contributed by atoms with Crippen molar-refractivity contribution in [3.05, 3.63) is 0 Å². The number of carboxylic acids is 1. The maximum atomic E-state index is 9.63. The van der Waals surface area contributed by atoms with Gasteiger partial charge in [-0.3, -0.25) is 0 Å². The third-order valence-electron chi connectivity index (χ3n) is 0.430. The van der Waals surface area contributed by atoms with Gasteiger partial charge in [-0.2, -0.15) is 0 Å². The first-order chi connectivity index (χ1) is 3.27. The molecule has 0 aliphatic heterocycles. The number of rotatable bonds is 3. The fraction of sp³-hybridized carbons (Fsp3) is 0.750. The molecule has 0 heterocycles. The number of carboxylic acid groups (broad SMARTS) is 1. The van der Waals surface area contributed by atoms with Gasteiger partial charge in [-0.15, -0.1) is 0 Å². The van der Waals surface area contributed by atoms with Crippen LogP contribution in [0.25, 0.3) is 0 Å². The van der Waals surface area contributed by atoms with E-state index < -0.39 is 5.97 Å². The van der Waals surface area contributed by atoms with Gasteiger partial charge in [-0.05, 0) is 6.92 Å². The number of carbonyl (C=O) groups is 1. The third kappa shape index (κ3) is 9.91. The molecule has 0 fully saturated rings. The van der Waals surface area contributed by atoms with Crippen LogP contribution < -0.4 is 0 Å². The molecule has 1 N–H and O–H groups in total. The predicted octanol–water partition coefficient (Wildman–Crippen LogP) is 0.108. The molecule has 0 aromatic rings. The van der Waals surface area contributed by atoms with Crippen LogP contribution in [0.3, 0.4) is 0 Å². The van der Waals surface area contributed by atoms with Crippen molar-refractivity contribution in [1.29, 1.82) is 0 Å². The zero-order chi connectivity index (χ0) is 5.70. The van der Waals surface area contributed by atoms with Gasteiger partial charge in [0.15, 0.2) is 0 Å².